The van der Waals surface area contributed by atoms with Gasteiger partial charge in [-0.2, -0.15) is 0 Å². The molecule has 0 saturated heterocycles. The highest BCUT2D eigenvalue weighted by atomic mass is 16.6. The van der Waals surface area contributed by atoms with E-state index in [9.17, 15) is 20.3 Å². The van der Waals surface area contributed by atoms with Crippen LogP contribution in [0.25, 0.3) is 6.08 Å². The van der Waals surface area contributed by atoms with E-state index in [0.717, 1.165) is 0 Å². The van der Waals surface area contributed by atoms with Gasteiger partial charge in [0.2, 0.25) is 0 Å². The standard InChI is InChI=1S/C15H16N2O6/c1-22-10-6-13(18)11(14(7-10)23-2)4-8-3-9(17(20)21)5-12(16)15(8)19/h3-4,6-7,15-16,18-19H,5H2,1-2H3. The van der Waals surface area contributed by atoms with Gasteiger partial charge in [0, 0.05) is 18.2 Å². The van der Waals surface area contributed by atoms with E-state index in [1.165, 1.54) is 38.5 Å². The first kappa shape index (κ1) is 16.5. The Kier molecular flexibility index (Phi) is 4.65. The van der Waals surface area contributed by atoms with Crippen LogP contribution in [0.2, 0.25) is 0 Å². The summed E-state index contributed by atoms with van der Waals surface area (Å²) in [4.78, 5) is 10.3. The third kappa shape index (κ3) is 3.32. The average Bonchev–Trinajstić information content (AvgIpc) is 2.52. The van der Waals surface area contributed by atoms with E-state index in [4.69, 9.17) is 14.9 Å². The van der Waals surface area contributed by atoms with Crippen molar-refractivity contribution in [1.82, 2.24) is 0 Å². The first-order valence-electron chi connectivity index (χ1n) is 6.64. The van der Waals surface area contributed by atoms with Crippen molar-refractivity contribution in [1.29, 1.82) is 5.41 Å². The van der Waals surface area contributed by atoms with Gasteiger partial charge in [0.25, 0.3) is 5.70 Å². The van der Waals surface area contributed by atoms with Crippen LogP contribution in [0.1, 0.15) is 12.0 Å². The molecule has 8 nitrogen and oxygen atoms in total. The monoisotopic (exact) mass is 320 g/mol. The molecule has 8 heteroatoms. The number of aliphatic hydroxyl groups is 1. The van der Waals surface area contributed by atoms with Crippen molar-refractivity contribution in [3.8, 4) is 17.2 Å². The Hall–Kier alpha value is -2.87. The fraction of sp³-hybridized carbons (Fsp3) is 0.267. The number of hydrogen-bond acceptors (Lipinski definition) is 7. The normalized spacial score (nSPS) is 19.4. The molecule has 1 aromatic carbocycles. The molecule has 0 radical (unpaired) electrons. The molecular formula is C15H16N2O6. The molecule has 1 unspecified atom stereocenters. The summed E-state index contributed by atoms with van der Waals surface area (Å²) in [5.41, 5.74) is -0.0151. The number of nitrogens with zero attached hydrogens (tertiary/aromatic N) is 1. The highest BCUT2D eigenvalue weighted by Gasteiger charge is 2.28. The second-order valence-corrected chi connectivity index (χ2v) is 4.90. The summed E-state index contributed by atoms with van der Waals surface area (Å²) < 4.78 is 10.2. The number of allylic oxidation sites excluding steroid dienone is 1. The fourth-order valence-electron chi connectivity index (χ4n) is 2.24. The summed E-state index contributed by atoms with van der Waals surface area (Å²) in [5, 5.41) is 38.7. The van der Waals surface area contributed by atoms with Crippen molar-refractivity contribution in [3.05, 3.63) is 45.2 Å². The second-order valence-electron chi connectivity index (χ2n) is 4.90. The van der Waals surface area contributed by atoms with Gasteiger partial charge in [0.15, 0.2) is 0 Å². The molecule has 0 spiro atoms. The first-order chi connectivity index (χ1) is 10.9. The van der Waals surface area contributed by atoms with E-state index in [0.29, 0.717) is 5.75 Å². The van der Waals surface area contributed by atoms with Gasteiger partial charge in [0.1, 0.15) is 23.4 Å². The van der Waals surface area contributed by atoms with Crippen LogP contribution < -0.4 is 9.47 Å². The molecule has 0 bridgehead atoms. The minimum atomic E-state index is -1.27. The minimum absolute atomic E-state index is 0.131. The maximum atomic E-state index is 10.9. The lowest BCUT2D eigenvalue weighted by atomic mass is 9.92. The lowest BCUT2D eigenvalue weighted by molar-refractivity contribution is -0.426. The number of benzene rings is 1. The molecule has 0 aliphatic heterocycles. The number of methoxy groups -OCH3 is 2. The zero-order valence-corrected chi connectivity index (χ0v) is 12.6. The van der Waals surface area contributed by atoms with Crippen LogP contribution in [0.15, 0.2) is 29.5 Å². The molecule has 1 aromatic rings. The summed E-state index contributed by atoms with van der Waals surface area (Å²) in [7, 11) is 2.83. The fourth-order valence-corrected chi connectivity index (χ4v) is 2.24. The van der Waals surface area contributed by atoms with Gasteiger partial charge in [-0.1, -0.05) is 0 Å². The lowest BCUT2D eigenvalue weighted by Crippen LogP contribution is -2.27. The molecule has 3 N–H and O–H groups in total. The Morgan fingerprint density at radius 3 is 2.65 bits per heavy atom. The van der Waals surface area contributed by atoms with Crippen LogP contribution in [-0.2, 0) is 0 Å². The smallest absolute Gasteiger partial charge is 0.252 e. The molecule has 1 aliphatic carbocycles. The van der Waals surface area contributed by atoms with Crippen molar-refractivity contribution < 1.29 is 24.6 Å². The van der Waals surface area contributed by atoms with Crippen LogP contribution in [0.3, 0.4) is 0 Å². The molecule has 23 heavy (non-hydrogen) atoms. The Bertz CT molecular complexity index is 723. The molecule has 122 valence electrons. The van der Waals surface area contributed by atoms with Crippen LogP contribution >= 0.6 is 0 Å². The largest absolute Gasteiger partial charge is 0.507 e. The van der Waals surface area contributed by atoms with Crippen LogP contribution in [-0.4, -0.2) is 41.2 Å². The molecule has 0 amide bonds. The molecule has 1 atom stereocenters. The van der Waals surface area contributed by atoms with E-state index in [1.54, 1.807) is 0 Å². The number of rotatable bonds is 4. The molecule has 0 aromatic heterocycles. The van der Waals surface area contributed by atoms with E-state index in [-0.39, 0.29) is 40.5 Å². The Morgan fingerprint density at radius 2 is 2.09 bits per heavy atom. The van der Waals surface area contributed by atoms with Crippen LogP contribution in [0, 0.1) is 15.5 Å². The van der Waals surface area contributed by atoms with Gasteiger partial charge < -0.3 is 25.1 Å². The maximum Gasteiger partial charge on any atom is 0.252 e. The second kappa shape index (κ2) is 6.49. The van der Waals surface area contributed by atoms with Gasteiger partial charge in [-0.25, -0.2) is 0 Å². The Morgan fingerprint density at radius 1 is 1.39 bits per heavy atom. The molecule has 1 aliphatic rings. The van der Waals surface area contributed by atoms with Gasteiger partial charge >= 0.3 is 0 Å². The Balaban J connectivity index is 2.58. The number of nitrogens with one attached hydrogen (secondary N) is 1. The molecule has 0 fully saturated rings. The third-order valence-electron chi connectivity index (χ3n) is 3.45. The number of nitro groups is 1. The quantitative estimate of drug-likeness (QED) is 0.573. The van der Waals surface area contributed by atoms with Crippen LogP contribution in [0.4, 0.5) is 0 Å². The average molecular weight is 320 g/mol. The van der Waals surface area contributed by atoms with Gasteiger partial charge in [-0.3, -0.25) is 10.1 Å². The number of hydrogen-bond donors (Lipinski definition) is 3. The van der Waals surface area contributed by atoms with Crippen molar-refractivity contribution in [2.45, 2.75) is 12.5 Å². The summed E-state index contributed by atoms with van der Waals surface area (Å²) in [6.07, 6.45) is 1.06. The molecule has 2 rings (SSSR count). The van der Waals surface area contributed by atoms with Crippen molar-refractivity contribution in [2.75, 3.05) is 14.2 Å². The number of aliphatic hydroxyl groups excluding tert-OH is 1. The topological polar surface area (TPSA) is 126 Å². The van der Waals surface area contributed by atoms with Gasteiger partial charge in [0.05, 0.1) is 36.8 Å². The van der Waals surface area contributed by atoms with E-state index >= 15 is 0 Å². The zero-order valence-electron chi connectivity index (χ0n) is 12.6. The molecular weight excluding hydrogens is 304 g/mol. The van der Waals surface area contributed by atoms with E-state index < -0.39 is 11.0 Å². The summed E-state index contributed by atoms with van der Waals surface area (Å²) in [6.45, 7) is 0. The predicted molar refractivity (Wildman–Crippen MR) is 82.6 cm³/mol. The predicted octanol–water partition coefficient (Wildman–Crippen LogP) is 1.74. The maximum absolute atomic E-state index is 10.9. The lowest BCUT2D eigenvalue weighted by Gasteiger charge is -2.18. The number of ether oxygens (including phenoxy) is 2. The van der Waals surface area contributed by atoms with E-state index in [2.05, 4.69) is 0 Å². The van der Waals surface area contributed by atoms with Gasteiger partial charge in [-0.15, -0.1) is 0 Å². The first-order valence-corrected chi connectivity index (χ1v) is 6.64. The highest BCUT2D eigenvalue weighted by Crippen LogP contribution is 2.36. The summed E-state index contributed by atoms with van der Waals surface area (Å²) in [6, 6.07) is 2.89. The number of aromatic hydroxyl groups is 1. The molecule has 0 heterocycles. The number of phenolic OH excluding ortho intramolecular Hbond substituents is 1. The third-order valence-corrected chi connectivity index (χ3v) is 3.45. The van der Waals surface area contributed by atoms with Gasteiger partial charge in [-0.05, 0) is 11.6 Å². The Labute approximate surface area is 131 Å². The van der Waals surface area contributed by atoms with Crippen molar-refractivity contribution in [3.63, 3.8) is 0 Å². The van der Waals surface area contributed by atoms with E-state index in [1.807, 2.05) is 0 Å². The van der Waals surface area contributed by atoms with Crippen molar-refractivity contribution >= 4 is 11.8 Å². The van der Waals surface area contributed by atoms with Crippen molar-refractivity contribution in [2.24, 2.45) is 0 Å². The number of phenols is 1. The highest BCUT2D eigenvalue weighted by molar-refractivity contribution is 5.94. The summed E-state index contributed by atoms with van der Waals surface area (Å²) in [5.74, 6) is 0.476. The SMILES string of the molecule is COc1cc(O)c(C=C2C=C([N+](=O)[O-])CC(=N)C2O)c(OC)c1. The molecule has 0 saturated carbocycles. The minimum Gasteiger partial charge on any atom is -0.507 e. The summed E-state index contributed by atoms with van der Waals surface area (Å²) >= 11 is 0. The zero-order chi connectivity index (χ0) is 17.1. The van der Waals surface area contributed by atoms with Crippen LogP contribution in [0.5, 0.6) is 17.2 Å².